The van der Waals surface area contributed by atoms with Gasteiger partial charge in [-0.15, -0.1) is 0 Å². The Hall–Kier alpha value is -2.96. The number of carbonyl (C=O) groups is 2. The van der Waals surface area contributed by atoms with Gasteiger partial charge in [0.2, 0.25) is 0 Å². The zero-order valence-corrected chi connectivity index (χ0v) is 15.0. The number of nitrogens with zero attached hydrogens (tertiary/aromatic N) is 1. The molecule has 0 aliphatic heterocycles. The lowest BCUT2D eigenvalue weighted by Crippen LogP contribution is -2.44. The first-order valence-electron chi connectivity index (χ1n) is 8.56. The van der Waals surface area contributed by atoms with Gasteiger partial charge in [-0.05, 0) is 36.1 Å². The maximum Gasteiger partial charge on any atom is 0.317 e. The predicted octanol–water partition coefficient (Wildman–Crippen LogP) is 3.58. The van der Waals surface area contributed by atoms with Gasteiger partial charge in [-0.3, -0.25) is 4.79 Å². The highest BCUT2D eigenvalue weighted by Gasteiger charge is 2.18. The summed E-state index contributed by atoms with van der Waals surface area (Å²) in [6.45, 7) is 0.0972. The molecule has 0 spiro atoms. The molecule has 2 aromatic rings. The van der Waals surface area contributed by atoms with Gasteiger partial charge >= 0.3 is 12.0 Å². The van der Waals surface area contributed by atoms with Crippen LogP contribution in [0.4, 0.5) is 13.6 Å². The van der Waals surface area contributed by atoms with E-state index in [-0.39, 0.29) is 25.4 Å². The van der Waals surface area contributed by atoms with Gasteiger partial charge in [0.05, 0.1) is 0 Å². The van der Waals surface area contributed by atoms with Gasteiger partial charge in [-0.2, -0.15) is 0 Å². The van der Waals surface area contributed by atoms with Crippen molar-refractivity contribution in [1.82, 2.24) is 10.2 Å². The topological polar surface area (TPSA) is 69.6 Å². The lowest BCUT2D eigenvalue weighted by molar-refractivity contribution is -0.137. The Morgan fingerprint density at radius 1 is 1.07 bits per heavy atom. The summed E-state index contributed by atoms with van der Waals surface area (Å²) in [5.74, 6) is -2.84. The maximum absolute atomic E-state index is 13.3. The van der Waals surface area contributed by atoms with Gasteiger partial charge < -0.3 is 15.3 Å². The summed E-state index contributed by atoms with van der Waals surface area (Å²) in [4.78, 5) is 24.7. The molecule has 2 N–H and O–H groups in total. The van der Waals surface area contributed by atoms with Crippen LogP contribution in [0.15, 0.2) is 48.5 Å². The van der Waals surface area contributed by atoms with Gasteiger partial charge in [-0.25, -0.2) is 13.6 Å². The van der Waals surface area contributed by atoms with Crippen LogP contribution in [0.5, 0.6) is 0 Å². The zero-order valence-electron chi connectivity index (χ0n) is 15.0. The van der Waals surface area contributed by atoms with Crippen molar-refractivity contribution in [1.29, 1.82) is 0 Å². The predicted molar refractivity (Wildman–Crippen MR) is 97.2 cm³/mol. The average Bonchev–Trinajstić information content (AvgIpc) is 2.63. The molecule has 144 valence electrons. The molecule has 2 rings (SSSR count). The summed E-state index contributed by atoms with van der Waals surface area (Å²) < 4.78 is 26.3. The number of benzene rings is 2. The second kappa shape index (κ2) is 9.66. The molecule has 1 atom stereocenters. The smallest absolute Gasteiger partial charge is 0.317 e. The first-order valence-corrected chi connectivity index (χ1v) is 8.56. The lowest BCUT2D eigenvalue weighted by Gasteiger charge is -2.24. The Bertz CT molecular complexity index is 784. The van der Waals surface area contributed by atoms with E-state index in [0.29, 0.717) is 12.0 Å². The number of hydrogen-bond acceptors (Lipinski definition) is 2. The van der Waals surface area contributed by atoms with Crippen molar-refractivity contribution in [3.8, 4) is 0 Å². The van der Waals surface area contributed by atoms with Crippen LogP contribution >= 0.6 is 0 Å². The third-order valence-electron chi connectivity index (χ3n) is 4.11. The fraction of sp³-hybridized carbons (Fsp3) is 0.300. The molecule has 0 heterocycles. The fourth-order valence-electron chi connectivity index (χ4n) is 2.69. The second-order valence-corrected chi connectivity index (χ2v) is 6.37. The highest BCUT2D eigenvalue weighted by molar-refractivity contribution is 5.74. The van der Waals surface area contributed by atoms with Gasteiger partial charge in [0.1, 0.15) is 0 Å². The maximum atomic E-state index is 13.3. The van der Waals surface area contributed by atoms with Crippen molar-refractivity contribution in [2.75, 3.05) is 7.05 Å². The van der Waals surface area contributed by atoms with Crippen molar-refractivity contribution >= 4 is 12.0 Å². The van der Waals surface area contributed by atoms with Crippen LogP contribution in [-0.2, 0) is 17.8 Å². The molecule has 27 heavy (non-hydrogen) atoms. The number of halogens is 2. The molecule has 0 saturated heterocycles. The summed E-state index contributed by atoms with van der Waals surface area (Å²) in [6.07, 6.45) is 0.721. The van der Waals surface area contributed by atoms with Crippen LogP contribution in [0.1, 0.15) is 24.0 Å². The number of nitrogens with one attached hydrogen (secondary N) is 1. The van der Waals surface area contributed by atoms with E-state index < -0.39 is 23.6 Å². The summed E-state index contributed by atoms with van der Waals surface area (Å²) in [6, 6.07) is 12.1. The molecule has 0 aliphatic rings. The van der Waals surface area contributed by atoms with E-state index in [9.17, 15) is 18.4 Å². The minimum Gasteiger partial charge on any atom is -0.481 e. The molecule has 2 amide bonds. The SMILES string of the molecule is CN(Cc1ccc(F)c(F)c1)C(=O)NC(CCC(=O)O)Cc1ccccc1. The Kier molecular flexibility index (Phi) is 7.28. The average molecular weight is 376 g/mol. The van der Waals surface area contributed by atoms with Crippen molar-refractivity contribution < 1.29 is 23.5 Å². The van der Waals surface area contributed by atoms with Gasteiger partial charge in [0.15, 0.2) is 11.6 Å². The minimum absolute atomic E-state index is 0.0648. The number of aliphatic carboxylic acids is 1. The van der Waals surface area contributed by atoms with Crippen LogP contribution in [0, 0.1) is 11.6 Å². The number of rotatable bonds is 8. The molecule has 2 aromatic carbocycles. The number of amides is 2. The third kappa shape index (κ3) is 6.69. The molecular formula is C20H22F2N2O3. The highest BCUT2D eigenvalue weighted by Crippen LogP contribution is 2.12. The summed E-state index contributed by atoms with van der Waals surface area (Å²) >= 11 is 0. The summed E-state index contributed by atoms with van der Waals surface area (Å²) in [7, 11) is 1.54. The molecule has 0 fully saturated rings. The molecular weight excluding hydrogens is 354 g/mol. The van der Waals surface area contributed by atoms with Crippen molar-refractivity contribution in [3.63, 3.8) is 0 Å². The molecule has 0 saturated carbocycles. The van der Waals surface area contributed by atoms with Crippen LogP contribution in [0.25, 0.3) is 0 Å². The van der Waals surface area contributed by atoms with Gasteiger partial charge in [-0.1, -0.05) is 36.4 Å². The number of urea groups is 1. The third-order valence-corrected chi connectivity index (χ3v) is 4.11. The second-order valence-electron chi connectivity index (χ2n) is 6.37. The van der Waals surface area contributed by atoms with Crippen molar-refractivity contribution in [2.24, 2.45) is 0 Å². The lowest BCUT2D eigenvalue weighted by atomic mass is 10.0. The standard InChI is InChI=1S/C20H22F2N2O3/c1-24(13-15-7-9-17(21)18(22)12-15)20(27)23-16(8-10-19(25)26)11-14-5-3-2-4-6-14/h2-7,9,12,16H,8,10-11,13H2,1H3,(H,23,27)(H,25,26). The van der Waals surface area contributed by atoms with Crippen molar-refractivity contribution in [3.05, 3.63) is 71.3 Å². The number of hydrogen-bond donors (Lipinski definition) is 2. The zero-order chi connectivity index (χ0) is 19.8. The monoisotopic (exact) mass is 376 g/mol. The molecule has 1 unspecified atom stereocenters. The Labute approximate surface area is 156 Å². The van der Waals surface area contributed by atoms with E-state index in [0.717, 1.165) is 17.7 Å². The number of carboxylic acids is 1. The van der Waals surface area contributed by atoms with Crippen LogP contribution < -0.4 is 5.32 Å². The molecule has 0 aliphatic carbocycles. The van der Waals surface area contributed by atoms with E-state index in [2.05, 4.69) is 5.32 Å². The molecule has 0 bridgehead atoms. The fourth-order valence-corrected chi connectivity index (χ4v) is 2.69. The summed E-state index contributed by atoms with van der Waals surface area (Å²) in [5.41, 5.74) is 1.44. The van der Waals surface area contributed by atoms with Crippen LogP contribution in [0.2, 0.25) is 0 Å². The van der Waals surface area contributed by atoms with E-state index in [1.165, 1.54) is 18.0 Å². The first-order chi connectivity index (χ1) is 12.8. The van der Waals surface area contributed by atoms with E-state index in [1.54, 1.807) is 0 Å². The largest absolute Gasteiger partial charge is 0.481 e. The Morgan fingerprint density at radius 3 is 2.41 bits per heavy atom. The van der Waals surface area contributed by atoms with Crippen molar-refractivity contribution in [2.45, 2.75) is 31.8 Å². The minimum atomic E-state index is -0.968. The van der Waals surface area contributed by atoms with E-state index in [1.807, 2.05) is 30.3 Å². The van der Waals surface area contributed by atoms with Crippen LogP contribution in [-0.4, -0.2) is 35.1 Å². The molecule has 7 heteroatoms. The normalized spacial score (nSPS) is 11.7. The quantitative estimate of drug-likeness (QED) is 0.740. The van der Waals surface area contributed by atoms with E-state index >= 15 is 0 Å². The van der Waals surface area contributed by atoms with Gasteiger partial charge in [0.25, 0.3) is 0 Å². The summed E-state index contributed by atoms with van der Waals surface area (Å²) in [5, 5.41) is 11.7. The molecule has 0 radical (unpaired) electrons. The number of carbonyl (C=O) groups excluding carboxylic acids is 1. The Morgan fingerprint density at radius 2 is 1.78 bits per heavy atom. The molecule has 5 nitrogen and oxygen atoms in total. The van der Waals surface area contributed by atoms with E-state index in [4.69, 9.17) is 5.11 Å². The first kappa shape index (κ1) is 20.4. The number of carboxylic acid groups (broad SMARTS) is 1. The van der Waals surface area contributed by atoms with Gasteiger partial charge in [0, 0.05) is 26.1 Å². The molecule has 0 aromatic heterocycles. The highest BCUT2D eigenvalue weighted by atomic mass is 19.2. The van der Waals surface area contributed by atoms with Crippen LogP contribution in [0.3, 0.4) is 0 Å². The Balaban J connectivity index is 1.99.